The Morgan fingerprint density at radius 1 is 1.36 bits per heavy atom. The van der Waals surface area contributed by atoms with Crippen LogP contribution in [0.4, 0.5) is 5.82 Å². The van der Waals surface area contributed by atoms with E-state index in [1.54, 1.807) is 20.2 Å². The fourth-order valence-electron chi connectivity index (χ4n) is 2.62. The maximum Gasteiger partial charge on any atom is 0.332 e. The summed E-state index contributed by atoms with van der Waals surface area (Å²) in [4.78, 5) is 39.9. The lowest BCUT2D eigenvalue weighted by Gasteiger charge is -2.10. The molecule has 120 valence electrons. The molecule has 0 spiro atoms. The summed E-state index contributed by atoms with van der Waals surface area (Å²) in [6, 6.07) is 0. The summed E-state index contributed by atoms with van der Waals surface area (Å²) in [5, 5.41) is 0. The fraction of sp³-hybridized carbons (Fsp3) is 0.600. The molecule has 0 N–H and O–H groups in total. The fourth-order valence-corrected chi connectivity index (χ4v) is 2.62. The van der Waals surface area contributed by atoms with Crippen molar-refractivity contribution >= 4 is 18.0 Å². The molecule has 1 aromatic rings. The Hall–Kier alpha value is -2.18. The van der Waals surface area contributed by atoms with Crippen LogP contribution in [0.2, 0.25) is 0 Å². The number of nitrogens with zero attached hydrogens (tertiary/aromatic N) is 3. The highest BCUT2D eigenvalue weighted by atomic mass is 16.5. The van der Waals surface area contributed by atoms with Gasteiger partial charge in [0.15, 0.2) is 0 Å². The molecule has 0 aliphatic carbocycles. The highest BCUT2D eigenvalue weighted by Crippen LogP contribution is 2.23. The van der Waals surface area contributed by atoms with Crippen molar-refractivity contribution in [2.75, 3.05) is 6.61 Å². The third kappa shape index (κ3) is 3.18. The first-order valence-electron chi connectivity index (χ1n) is 7.44. The van der Waals surface area contributed by atoms with Crippen molar-refractivity contribution in [3.63, 3.8) is 0 Å². The number of ether oxygens (including phenoxy) is 1. The Labute approximate surface area is 128 Å². The first-order chi connectivity index (χ1) is 10.5. The van der Waals surface area contributed by atoms with Gasteiger partial charge in [-0.3, -0.25) is 18.7 Å². The maximum atomic E-state index is 12.2. The minimum atomic E-state index is -0.383. The molecule has 22 heavy (non-hydrogen) atoms. The minimum absolute atomic E-state index is 0.0941. The maximum absolute atomic E-state index is 12.2. The van der Waals surface area contributed by atoms with Gasteiger partial charge in [0.25, 0.3) is 5.56 Å². The van der Waals surface area contributed by atoms with Crippen LogP contribution >= 0.6 is 0 Å². The quantitative estimate of drug-likeness (QED) is 0.766. The Balaban J connectivity index is 2.20. The van der Waals surface area contributed by atoms with E-state index in [0.717, 1.165) is 11.0 Å². The second-order valence-corrected chi connectivity index (χ2v) is 5.43. The molecular formula is C15H21N3O4. The summed E-state index contributed by atoms with van der Waals surface area (Å²) in [7, 11) is 3.08. The Morgan fingerprint density at radius 3 is 2.77 bits per heavy atom. The predicted molar refractivity (Wildman–Crippen MR) is 82.8 cm³/mol. The van der Waals surface area contributed by atoms with Crippen molar-refractivity contribution in [2.45, 2.75) is 32.6 Å². The second kappa shape index (κ2) is 6.72. The molecule has 1 aliphatic rings. The summed E-state index contributed by atoms with van der Waals surface area (Å²) < 4.78 is 7.41. The van der Waals surface area contributed by atoms with E-state index in [1.165, 1.54) is 11.6 Å². The monoisotopic (exact) mass is 307 g/mol. The van der Waals surface area contributed by atoms with Crippen molar-refractivity contribution in [1.29, 1.82) is 0 Å². The molecule has 1 unspecified atom stereocenters. The normalized spacial score (nSPS) is 17.0. The van der Waals surface area contributed by atoms with E-state index >= 15 is 0 Å². The van der Waals surface area contributed by atoms with Crippen LogP contribution in [0.5, 0.6) is 0 Å². The minimum Gasteiger partial charge on any atom is -0.466 e. The van der Waals surface area contributed by atoms with Crippen LogP contribution in [0, 0.1) is 5.92 Å². The number of rotatable bonds is 4. The van der Waals surface area contributed by atoms with Crippen molar-refractivity contribution in [2.24, 2.45) is 25.0 Å². The molecule has 7 heteroatoms. The van der Waals surface area contributed by atoms with Gasteiger partial charge in [0.1, 0.15) is 5.82 Å². The van der Waals surface area contributed by atoms with Crippen molar-refractivity contribution < 1.29 is 9.53 Å². The van der Waals surface area contributed by atoms with Crippen molar-refractivity contribution in [3.8, 4) is 0 Å². The molecule has 0 aromatic carbocycles. The van der Waals surface area contributed by atoms with Gasteiger partial charge >= 0.3 is 11.7 Å². The summed E-state index contributed by atoms with van der Waals surface area (Å²) in [5.41, 5.74) is -0.119. The molecule has 0 saturated heterocycles. The second-order valence-electron chi connectivity index (χ2n) is 5.43. The third-order valence-electron chi connectivity index (χ3n) is 3.92. The van der Waals surface area contributed by atoms with Gasteiger partial charge in [-0.25, -0.2) is 9.79 Å². The van der Waals surface area contributed by atoms with Crippen LogP contribution in [0.15, 0.2) is 14.6 Å². The van der Waals surface area contributed by atoms with Crippen LogP contribution in [0.25, 0.3) is 0 Å². The van der Waals surface area contributed by atoms with Crippen LogP contribution < -0.4 is 11.2 Å². The molecule has 0 radical (unpaired) electrons. The molecule has 2 heterocycles. The Bertz CT molecular complexity index is 715. The van der Waals surface area contributed by atoms with Crippen LogP contribution in [-0.4, -0.2) is 27.9 Å². The van der Waals surface area contributed by atoms with Crippen molar-refractivity contribution in [3.05, 3.63) is 26.4 Å². The van der Waals surface area contributed by atoms with E-state index < -0.39 is 0 Å². The number of aliphatic imine (C=N–C) groups is 1. The molecule has 0 saturated carbocycles. The number of esters is 1. The van der Waals surface area contributed by atoms with Gasteiger partial charge in [-0.2, -0.15) is 0 Å². The number of carbonyl (C=O) groups excluding carboxylic acids is 1. The topological polar surface area (TPSA) is 82.7 Å². The SMILES string of the molecule is CCOC(=O)CCC1C=Nc2c(c(=O)n(C)c(=O)n2C)CC1. The number of aromatic nitrogens is 2. The molecule has 0 bridgehead atoms. The first-order valence-corrected chi connectivity index (χ1v) is 7.44. The van der Waals surface area contributed by atoms with E-state index in [-0.39, 0.29) is 23.1 Å². The van der Waals surface area contributed by atoms with E-state index in [0.29, 0.717) is 37.3 Å². The molecule has 2 rings (SSSR count). The highest BCUT2D eigenvalue weighted by Gasteiger charge is 2.20. The van der Waals surface area contributed by atoms with Gasteiger partial charge in [0.05, 0.1) is 12.2 Å². The van der Waals surface area contributed by atoms with Gasteiger partial charge in [-0.1, -0.05) is 0 Å². The zero-order valence-corrected chi connectivity index (χ0v) is 13.2. The summed E-state index contributed by atoms with van der Waals surface area (Å²) in [6.07, 6.45) is 3.97. The van der Waals surface area contributed by atoms with E-state index in [1.807, 2.05) is 0 Å². The third-order valence-corrected chi connectivity index (χ3v) is 3.92. The summed E-state index contributed by atoms with van der Waals surface area (Å²) in [5.74, 6) is 0.296. The molecule has 1 aromatic heterocycles. The molecule has 1 aliphatic heterocycles. The zero-order valence-electron chi connectivity index (χ0n) is 13.2. The molecule has 1 atom stereocenters. The first kappa shape index (κ1) is 16.2. The van der Waals surface area contributed by atoms with E-state index in [2.05, 4.69) is 4.99 Å². The zero-order chi connectivity index (χ0) is 16.3. The summed E-state index contributed by atoms with van der Waals surface area (Å²) in [6.45, 7) is 2.15. The van der Waals surface area contributed by atoms with Gasteiger partial charge in [-0.15, -0.1) is 0 Å². The average molecular weight is 307 g/mol. The lowest BCUT2D eigenvalue weighted by molar-refractivity contribution is -0.143. The number of hydrogen-bond acceptors (Lipinski definition) is 5. The number of carbonyl (C=O) groups is 1. The van der Waals surface area contributed by atoms with Crippen LogP contribution in [-0.2, 0) is 30.0 Å². The average Bonchev–Trinajstić information content (AvgIpc) is 2.72. The van der Waals surface area contributed by atoms with E-state index in [4.69, 9.17) is 4.74 Å². The van der Waals surface area contributed by atoms with E-state index in [9.17, 15) is 14.4 Å². The van der Waals surface area contributed by atoms with Crippen molar-refractivity contribution in [1.82, 2.24) is 9.13 Å². The molecular weight excluding hydrogens is 286 g/mol. The Morgan fingerprint density at radius 2 is 2.09 bits per heavy atom. The lowest BCUT2D eigenvalue weighted by Crippen LogP contribution is -2.38. The van der Waals surface area contributed by atoms with Crippen LogP contribution in [0.1, 0.15) is 31.7 Å². The molecule has 0 fully saturated rings. The smallest absolute Gasteiger partial charge is 0.332 e. The Kier molecular flexibility index (Phi) is 4.95. The van der Waals surface area contributed by atoms with Gasteiger partial charge in [-0.05, 0) is 32.1 Å². The van der Waals surface area contributed by atoms with Gasteiger partial charge < -0.3 is 4.74 Å². The van der Waals surface area contributed by atoms with Gasteiger partial charge in [0.2, 0.25) is 0 Å². The standard InChI is InChI=1S/C15H21N3O4/c1-4-22-12(19)8-6-10-5-7-11-13(16-9-10)17(2)15(21)18(3)14(11)20/h9-10H,4-8H2,1-3H3. The van der Waals surface area contributed by atoms with Gasteiger partial charge in [0, 0.05) is 26.7 Å². The predicted octanol–water partition coefficient (Wildman–Crippen LogP) is 0.692. The highest BCUT2D eigenvalue weighted by molar-refractivity contribution is 5.71. The largest absolute Gasteiger partial charge is 0.466 e. The lowest BCUT2D eigenvalue weighted by atomic mass is 9.97. The number of fused-ring (bicyclic) bond motifs is 1. The summed E-state index contributed by atoms with van der Waals surface area (Å²) >= 11 is 0. The molecule has 0 amide bonds. The molecule has 7 nitrogen and oxygen atoms in total. The van der Waals surface area contributed by atoms with Crippen LogP contribution in [0.3, 0.4) is 0 Å². The number of hydrogen-bond donors (Lipinski definition) is 0.